The molecule has 21 heavy (non-hydrogen) atoms. The number of nitrogens with two attached hydrogens (primary N) is 1. The molecule has 0 atom stereocenters. The second-order valence-corrected chi connectivity index (χ2v) is 5.94. The maximum Gasteiger partial charge on any atom is 0.214 e. The molecule has 0 fully saturated rings. The van der Waals surface area contributed by atoms with E-state index in [-0.39, 0.29) is 5.56 Å². The maximum atomic E-state index is 13.6. The molecule has 2 N–H and O–H groups in total. The fourth-order valence-corrected chi connectivity index (χ4v) is 3.28. The van der Waals surface area contributed by atoms with Gasteiger partial charge >= 0.3 is 0 Å². The van der Waals surface area contributed by atoms with Gasteiger partial charge in [0.05, 0.1) is 4.88 Å². The van der Waals surface area contributed by atoms with Gasteiger partial charge in [0.1, 0.15) is 17.4 Å². The number of benzene rings is 1. The largest absolute Gasteiger partial charge is 0.335 e. The Hall–Kier alpha value is -2.37. The van der Waals surface area contributed by atoms with Crippen LogP contribution >= 0.6 is 23.1 Å². The lowest BCUT2D eigenvalue weighted by molar-refractivity contribution is 0.619. The van der Waals surface area contributed by atoms with Crippen molar-refractivity contribution >= 4 is 23.1 Å². The highest BCUT2D eigenvalue weighted by atomic mass is 32.2. The quantitative estimate of drug-likeness (QED) is 0.751. The molecule has 0 aliphatic heterocycles. The lowest BCUT2D eigenvalue weighted by Gasteiger charge is -2.04. The minimum Gasteiger partial charge on any atom is -0.335 e. The Bertz CT molecular complexity index is 820. The molecule has 0 aliphatic rings. The zero-order chi connectivity index (χ0) is 14.8. The summed E-state index contributed by atoms with van der Waals surface area (Å²) in [6, 6.07) is 10.0. The van der Waals surface area contributed by atoms with Crippen LogP contribution in [0.5, 0.6) is 0 Å². The molecule has 3 rings (SSSR count). The zero-order valence-corrected chi connectivity index (χ0v) is 12.2. The molecule has 1 aromatic carbocycles. The van der Waals surface area contributed by atoms with Gasteiger partial charge in [-0.1, -0.05) is 12.1 Å². The molecule has 104 valence electrons. The van der Waals surface area contributed by atoms with Crippen molar-refractivity contribution in [2.75, 3.05) is 5.84 Å². The number of hydrogen-bond donors (Lipinski definition) is 1. The number of rotatable bonds is 3. The Morgan fingerprint density at radius 1 is 1.29 bits per heavy atom. The molecular weight excluding hydrogens is 309 g/mol. The van der Waals surface area contributed by atoms with Gasteiger partial charge in [-0.25, -0.2) is 9.07 Å². The first kappa shape index (κ1) is 13.6. The van der Waals surface area contributed by atoms with E-state index < -0.39 is 5.82 Å². The molecule has 8 heteroatoms. The molecule has 0 amide bonds. The van der Waals surface area contributed by atoms with Gasteiger partial charge < -0.3 is 5.84 Å². The number of nitriles is 1. The van der Waals surface area contributed by atoms with Crippen LogP contribution < -0.4 is 5.84 Å². The summed E-state index contributed by atoms with van der Waals surface area (Å²) < 4.78 is 14.9. The fourth-order valence-electron chi connectivity index (χ4n) is 1.72. The van der Waals surface area contributed by atoms with E-state index in [1.807, 2.05) is 23.6 Å². The summed E-state index contributed by atoms with van der Waals surface area (Å²) in [7, 11) is 0. The number of nitrogens with zero attached hydrogens (tertiary/aromatic N) is 4. The first-order chi connectivity index (χ1) is 10.2. The first-order valence-corrected chi connectivity index (χ1v) is 7.51. The topological polar surface area (TPSA) is 80.5 Å². The van der Waals surface area contributed by atoms with Gasteiger partial charge in [-0.05, 0) is 35.3 Å². The van der Waals surface area contributed by atoms with Crippen LogP contribution in [0.3, 0.4) is 0 Å². The SMILES string of the molecule is N#Cc1c(F)cccc1Sc1nnc(-c2cccs2)n1N. The van der Waals surface area contributed by atoms with Crippen LogP contribution in [0.25, 0.3) is 10.7 Å². The van der Waals surface area contributed by atoms with Crippen molar-refractivity contribution in [1.82, 2.24) is 14.9 Å². The van der Waals surface area contributed by atoms with Gasteiger partial charge in [0.25, 0.3) is 0 Å². The molecule has 0 unspecified atom stereocenters. The predicted octanol–water partition coefficient (Wildman–Crippen LogP) is 2.88. The third-order valence-corrected chi connectivity index (χ3v) is 4.58. The van der Waals surface area contributed by atoms with Crippen molar-refractivity contribution in [2.45, 2.75) is 10.1 Å². The number of thiophene rings is 1. The van der Waals surface area contributed by atoms with E-state index in [2.05, 4.69) is 10.2 Å². The minimum atomic E-state index is -0.566. The van der Waals surface area contributed by atoms with Crippen LogP contribution in [-0.2, 0) is 0 Å². The summed E-state index contributed by atoms with van der Waals surface area (Å²) in [5.74, 6) is 5.94. The molecule has 0 saturated carbocycles. The molecule has 3 aromatic rings. The number of halogens is 1. The molecule has 0 aliphatic carbocycles. The highest BCUT2D eigenvalue weighted by molar-refractivity contribution is 7.99. The number of hydrogen-bond acceptors (Lipinski definition) is 6. The molecule has 2 heterocycles. The summed E-state index contributed by atoms with van der Waals surface area (Å²) in [5, 5.41) is 19.4. The second-order valence-electron chi connectivity index (χ2n) is 3.98. The highest BCUT2D eigenvalue weighted by Crippen LogP contribution is 2.32. The van der Waals surface area contributed by atoms with Gasteiger partial charge in [0.15, 0.2) is 5.82 Å². The lowest BCUT2D eigenvalue weighted by atomic mass is 10.2. The minimum absolute atomic E-state index is 0.0248. The predicted molar refractivity (Wildman–Crippen MR) is 78.7 cm³/mol. The van der Waals surface area contributed by atoms with Crippen LogP contribution in [-0.4, -0.2) is 14.9 Å². The summed E-state index contributed by atoms with van der Waals surface area (Å²) in [6.07, 6.45) is 0. The molecule has 0 radical (unpaired) electrons. The molecule has 0 spiro atoms. The van der Waals surface area contributed by atoms with E-state index in [0.717, 1.165) is 16.6 Å². The monoisotopic (exact) mass is 317 g/mol. The summed E-state index contributed by atoms with van der Waals surface area (Å²) in [4.78, 5) is 1.34. The highest BCUT2D eigenvalue weighted by Gasteiger charge is 2.16. The maximum absolute atomic E-state index is 13.6. The molecule has 2 aromatic heterocycles. The van der Waals surface area contributed by atoms with Gasteiger partial charge in [0, 0.05) is 4.90 Å². The average Bonchev–Trinajstić information content (AvgIpc) is 3.10. The summed E-state index contributed by atoms with van der Waals surface area (Å²) in [5.41, 5.74) is -0.0248. The van der Waals surface area contributed by atoms with Crippen LogP contribution in [0.4, 0.5) is 4.39 Å². The van der Waals surface area contributed by atoms with Gasteiger partial charge in [0.2, 0.25) is 5.16 Å². The van der Waals surface area contributed by atoms with Crippen LogP contribution in [0.15, 0.2) is 45.8 Å². The van der Waals surface area contributed by atoms with Gasteiger partial charge in [-0.15, -0.1) is 21.5 Å². The van der Waals surface area contributed by atoms with Crippen LogP contribution in [0.1, 0.15) is 5.56 Å². The molecule has 5 nitrogen and oxygen atoms in total. The number of aromatic nitrogens is 3. The van der Waals surface area contributed by atoms with Crippen molar-refractivity contribution in [3.8, 4) is 16.8 Å². The molecular formula is C13H8FN5S2. The van der Waals surface area contributed by atoms with Crippen molar-refractivity contribution in [1.29, 1.82) is 5.26 Å². The standard InChI is InChI=1S/C13H8FN5S2/c14-9-3-1-4-10(8(9)7-15)21-13-18-17-12(19(13)16)11-5-2-6-20-11/h1-6H,16H2. The number of nitrogen functional groups attached to an aromatic ring is 1. The zero-order valence-electron chi connectivity index (χ0n) is 10.5. The third-order valence-electron chi connectivity index (χ3n) is 2.69. The Balaban J connectivity index is 1.97. The van der Waals surface area contributed by atoms with Gasteiger partial charge in [-0.3, -0.25) is 0 Å². The van der Waals surface area contributed by atoms with Crippen molar-refractivity contribution in [3.05, 3.63) is 47.1 Å². The smallest absolute Gasteiger partial charge is 0.214 e. The Labute approximate surface area is 127 Å². The van der Waals surface area contributed by atoms with E-state index in [9.17, 15) is 4.39 Å². The van der Waals surface area contributed by atoms with Crippen molar-refractivity contribution in [3.63, 3.8) is 0 Å². The average molecular weight is 317 g/mol. The first-order valence-electron chi connectivity index (χ1n) is 5.81. The summed E-state index contributed by atoms with van der Waals surface area (Å²) in [6.45, 7) is 0. The molecule has 0 saturated heterocycles. The summed E-state index contributed by atoms with van der Waals surface area (Å²) >= 11 is 2.60. The van der Waals surface area contributed by atoms with E-state index >= 15 is 0 Å². The normalized spacial score (nSPS) is 10.5. The Kier molecular flexibility index (Phi) is 3.60. The van der Waals surface area contributed by atoms with Crippen LogP contribution in [0.2, 0.25) is 0 Å². The van der Waals surface area contributed by atoms with Gasteiger partial charge in [-0.2, -0.15) is 5.26 Å². The van der Waals surface area contributed by atoms with E-state index in [1.54, 1.807) is 6.07 Å². The molecule has 0 bridgehead atoms. The van der Waals surface area contributed by atoms with E-state index in [4.69, 9.17) is 11.1 Å². The van der Waals surface area contributed by atoms with E-state index in [1.165, 1.54) is 28.1 Å². The lowest BCUT2D eigenvalue weighted by Crippen LogP contribution is -2.11. The van der Waals surface area contributed by atoms with Crippen molar-refractivity contribution < 1.29 is 4.39 Å². The fraction of sp³-hybridized carbons (Fsp3) is 0. The third kappa shape index (κ3) is 2.49. The second kappa shape index (κ2) is 5.55. The Morgan fingerprint density at radius 3 is 2.86 bits per heavy atom. The van der Waals surface area contributed by atoms with E-state index in [0.29, 0.717) is 15.9 Å². The van der Waals surface area contributed by atoms with Crippen molar-refractivity contribution in [2.24, 2.45) is 0 Å². The van der Waals surface area contributed by atoms with Crippen LogP contribution in [0, 0.1) is 17.1 Å². The Morgan fingerprint density at radius 2 is 2.14 bits per heavy atom.